The maximum Gasteiger partial charge on any atom is 0.0816 e. The fraction of sp³-hybridized carbons (Fsp3) is 0.750. The van der Waals surface area contributed by atoms with Crippen molar-refractivity contribution in [1.29, 1.82) is 0 Å². The summed E-state index contributed by atoms with van der Waals surface area (Å²) in [6.45, 7) is 4.33. The molecule has 0 aromatic heterocycles. The Labute approximate surface area is 57.7 Å². The van der Waals surface area contributed by atoms with E-state index in [0.717, 1.165) is 6.42 Å². The zero-order chi connectivity index (χ0) is 7.11. The maximum absolute atomic E-state index is 4.89. The van der Waals surface area contributed by atoms with E-state index >= 15 is 0 Å². The van der Waals surface area contributed by atoms with Gasteiger partial charge < -0.3 is 4.74 Å². The molecule has 0 spiro atoms. The molecule has 0 saturated heterocycles. The van der Waals surface area contributed by atoms with Crippen LogP contribution in [0.2, 0.25) is 0 Å². The average Bonchev–Trinajstić information content (AvgIpc) is 1.88. The molecule has 0 rings (SSSR count). The fourth-order valence-corrected chi connectivity index (χ4v) is 0.807. The second-order valence-corrected chi connectivity index (χ2v) is 2.12. The first-order valence-corrected chi connectivity index (χ1v) is 3.55. The summed E-state index contributed by atoms with van der Waals surface area (Å²) in [5, 5.41) is 0. The van der Waals surface area contributed by atoms with Gasteiger partial charge in [0.25, 0.3) is 0 Å². The summed E-state index contributed by atoms with van der Waals surface area (Å²) in [5.74, 6) is 0. The van der Waals surface area contributed by atoms with Crippen LogP contribution >= 0.6 is 0 Å². The normalized spacial score (nSPS) is 11.7. The molecule has 0 amide bonds. The number of allylic oxidation sites excluding steroid dienone is 1. The Morgan fingerprint density at radius 2 is 2.11 bits per heavy atom. The standard InChI is InChI=1S/C8H16O/c1-4-6-8(5-2)7-9-3/h7H,4-6H2,1-3H3/b8-7+. The third kappa shape index (κ3) is 4.07. The minimum absolute atomic E-state index is 1.11. The quantitative estimate of drug-likeness (QED) is 0.529. The maximum atomic E-state index is 4.89. The molecule has 0 aliphatic heterocycles. The number of methoxy groups -OCH3 is 1. The van der Waals surface area contributed by atoms with Gasteiger partial charge in [0, 0.05) is 0 Å². The summed E-state index contributed by atoms with van der Waals surface area (Å²) in [5.41, 5.74) is 1.40. The summed E-state index contributed by atoms with van der Waals surface area (Å²) < 4.78 is 4.89. The molecule has 0 unspecified atom stereocenters. The van der Waals surface area contributed by atoms with Gasteiger partial charge in [-0.1, -0.05) is 20.3 Å². The van der Waals surface area contributed by atoms with Crippen molar-refractivity contribution in [3.63, 3.8) is 0 Å². The summed E-state index contributed by atoms with van der Waals surface area (Å²) in [7, 11) is 1.70. The Morgan fingerprint density at radius 1 is 1.44 bits per heavy atom. The molecule has 0 fully saturated rings. The molecule has 1 heteroatoms. The van der Waals surface area contributed by atoms with E-state index in [1.807, 2.05) is 6.26 Å². The molecular formula is C8H16O. The molecule has 0 radical (unpaired) electrons. The smallest absolute Gasteiger partial charge is 0.0816 e. The van der Waals surface area contributed by atoms with E-state index in [4.69, 9.17) is 4.74 Å². The lowest BCUT2D eigenvalue weighted by molar-refractivity contribution is 0.331. The zero-order valence-electron chi connectivity index (χ0n) is 6.61. The second-order valence-electron chi connectivity index (χ2n) is 2.12. The fourth-order valence-electron chi connectivity index (χ4n) is 0.807. The van der Waals surface area contributed by atoms with E-state index in [0.29, 0.717) is 0 Å². The van der Waals surface area contributed by atoms with Gasteiger partial charge in [0.1, 0.15) is 0 Å². The SMILES string of the molecule is CCC/C(=C/OC)CC. The van der Waals surface area contributed by atoms with E-state index in [1.165, 1.54) is 18.4 Å². The van der Waals surface area contributed by atoms with Crippen molar-refractivity contribution in [2.45, 2.75) is 33.1 Å². The summed E-state index contributed by atoms with van der Waals surface area (Å²) >= 11 is 0. The first kappa shape index (κ1) is 8.54. The van der Waals surface area contributed by atoms with Crippen LogP contribution < -0.4 is 0 Å². The van der Waals surface area contributed by atoms with E-state index in [-0.39, 0.29) is 0 Å². The molecule has 0 aliphatic carbocycles. The Kier molecular flexibility index (Phi) is 5.38. The molecule has 0 saturated carbocycles. The molecule has 0 atom stereocenters. The molecule has 0 aliphatic rings. The van der Waals surface area contributed by atoms with Gasteiger partial charge >= 0.3 is 0 Å². The molecule has 1 nitrogen and oxygen atoms in total. The summed E-state index contributed by atoms with van der Waals surface area (Å²) in [4.78, 5) is 0. The Bertz CT molecular complexity index is 84.6. The first-order chi connectivity index (χ1) is 4.35. The Morgan fingerprint density at radius 3 is 2.44 bits per heavy atom. The molecule has 0 aromatic carbocycles. The van der Waals surface area contributed by atoms with Crippen LogP contribution in [0.1, 0.15) is 33.1 Å². The van der Waals surface area contributed by atoms with Crippen LogP contribution in [0.15, 0.2) is 11.8 Å². The largest absolute Gasteiger partial charge is 0.504 e. The van der Waals surface area contributed by atoms with E-state index < -0.39 is 0 Å². The van der Waals surface area contributed by atoms with Gasteiger partial charge in [-0.15, -0.1) is 0 Å². The Hall–Kier alpha value is -0.460. The van der Waals surface area contributed by atoms with Gasteiger partial charge in [0.05, 0.1) is 13.4 Å². The van der Waals surface area contributed by atoms with Crippen LogP contribution in [0.4, 0.5) is 0 Å². The highest BCUT2D eigenvalue weighted by Gasteiger charge is 1.89. The van der Waals surface area contributed by atoms with Crippen molar-refractivity contribution < 1.29 is 4.74 Å². The van der Waals surface area contributed by atoms with Gasteiger partial charge in [-0.05, 0) is 18.4 Å². The average molecular weight is 128 g/mol. The zero-order valence-corrected chi connectivity index (χ0v) is 6.61. The van der Waals surface area contributed by atoms with Crippen molar-refractivity contribution in [2.24, 2.45) is 0 Å². The lowest BCUT2D eigenvalue weighted by atomic mass is 10.1. The van der Waals surface area contributed by atoms with Crippen molar-refractivity contribution in [3.8, 4) is 0 Å². The van der Waals surface area contributed by atoms with Gasteiger partial charge in [-0.2, -0.15) is 0 Å². The highest BCUT2D eigenvalue weighted by atomic mass is 16.5. The van der Waals surface area contributed by atoms with Gasteiger partial charge in [-0.25, -0.2) is 0 Å². The summed E-state index contributed by atoms with van der Waals surface area (Å²) in [6, 6.07) is 0. The minimum Gasteiger partial charge on any atom is -0.504 e. The topological polar surface area (TPSA) is 9.23 Å². The Balaban J connectivity index is 3.53. The number of hydrogen-bond donors (Lipinski definition) is 0. The van der Waals surface area contributed by atoms with E-state index in [2.05, 4.69) is 13.8 Å². The van der Waals surface area contributed by atoms with Crippen molar-refractivity contribution in [2.75, 3.05) is 7.11 Å². The number of ether oxygens (including phenoxy) is 1. The highest BCUT2D eigenvalue weighted by Crippen LogP contribution is 2.07. The second kappa shape index (κ2) is 5.67. The molecule has 9 heavy (non-hydrogen) atoms. The third-order valence-electron chi connectivity index (χ3n) is 1.31. The van der Waals surface area contributed by atoms with Crippen molar-refractivity contribution in [3.05, 3.63) is 11.8 Å². The van der Waals surface area contributed by atoms with Crippen LogP contribution in [-0.4, -0.2) is 7.11 Å². The van der Waals surface area contributed by atoms with Crippen molar-refractivity contribution >= 4 is 0 Å². The molecule has 0 heterocycles. The molecule has 0 bridgehead atoms. The molecule has 0 N–H and O–H groups in total. The minimum atomic E-state index is 1.11. The molecular weight excluding hydrogens is 112 g/mol. The van der Waals surface area contributed by atoms with Crippen molar-refractivity contribution in [1.82, 2.24) is 0 Å². The lowest BCUT2D eigenvalue weighted by Crippen LogP contribution is -1.81. The van der Waals surface area contributed by atoms with E-state index in [9.17, 15) is 0 Å². The van der Waals surface area contributed by atoms with Crippen LogP contribution in [0, 0.1) is 0 Å². The molecule has 0 aromatic rings. The predicted octanol–water partition coefficient (Wildman–Crippen LogP) is 2.73. The lowest BCUT2D eigenvalue weighted by Gasteiger charge is -1.99. The van der Waals surface area contributed by atoms with Crippen LogP contribution in [0.5, 0.6) is 0 Å². The van der Waals surface area contributed by atoms with Crippen LogP contribution in [-0.2, 0) is 4.74 Å². The monoisotopic (exact) mass is 128 g/mol. The number of hydrogen-bond acceptors (Lipinski definition) is 1. The van der Waals surface area contributed by atoms with Crippen LogP contribution in [0.3, 0.4) is 0 Å². The predicted molar refractivity (Wildman–Crippen MR) is 40.3 cm³/mol. The third-order valence-corrected chi connectivity index (χ3v) is 1.31. The van der Waals surface area contributed by atoms with Crippen LogP contribution in [0.25, 0.3) is 0 Å². The van der Waals surface area contributed by atoms with E-state index in [1.54, 1.807) is 7.11 Å². The highest BCUT2D eigenvalue weighted by molar-refractivity contribution is 4.95. The first-order valence-electron chi connectivity index (χ1n) is 3.55. The van der Waals surface area contributed by atoms with Gasteiger partial charge in [0.15, 0.2) is 0 Å². The number of rotatable bonds is 4. The van der Waals surface area contributed by atoms with Gasteiger partial charge in [0.2, 0.25) is 0 Å². The molecule has 54 valence electrons. The van der Waals surface area contributed by atoms with Gasteiger partial charge in [-0.3, -0.25) is 0 Å². The summed E-state index contributed by atoms with van der Waals surface area (Å²) in [6.07, 6.45) is 5.35.